The number of benzene rings is 2. The summed E-state index contributed by atoms with van der Waals surface area (Å²) in [5, 5.41) is 0.669. The van der Waals surface area contributed by atoms with E-state index in [0.29, 0.717) is 11.9 Å². The van der Waals surface area contributed by atoms with Gasteiger partial charge in [-0.3, -0.25) is 19.2 Å². The monoisotopic (exact) mass is 469 g/mol. The summed E-state index contributed by atoms with van der Waals surface area (Å²) in [7, 11) is 0. The molecule has 0 radical (unpaired) electrons. The van der Waals surface area contributed by atoms with Gasteiger partial charge < -0.3 is 5.73 Å². The molecule has 6 heteroatoms. The number of piperazine rings is 1. The lowest BCUT2D eigenvalue weighted by molar-refractivity contribution is 0.0940. The van der Waals surface area contributed by atoms with Crippen molar-refractivity contribution in [2.24, 2.45) is 5.73 Å². The number of allylic oxidation sites excluding steroid dienone is 2. The fraction of sp³-hybridized carbons (Fsp3) is 0.310. The summed E-state index contributed by atoms with van der Waals surface area (Å²) in [6.45, 7) is 11.5. The van der Waals surface area contributed by atoms with Gasteiger partial charge in [-0.2, -0.15) is 0 Å². The number of para-hydroxylation sites is 1. The molecule has 0 aliphatic carbocycles. The average Bonchev–Trinajstić information content (AvgIpc) is 2.88. The van der Waals surface area contributed by atoms with Crippen LogP contribution in [0.4, 0.5) is 0 Å². The highest BCUT2D eigenvalue weighted by Crippen LogP contribution is 2.25. The van der Waals surface area contributed by atoms with E-state index in [0.717, 1.165) is 61.6 Å². The highest BCUT2D eigenvalue weighted by Gasteiger charge is 2.28. The Labute approximate surface area is 207 Å². The van der Waals surface area contributed by atoms with Gasteiger partial charge in [0.25, 0.3) is 5.56 Å². The summed E-state index contributed by atoms with van der Waals surface area (Å²) in [5.74, 6) is 0.856. The van der Waals surface area contributed by atoms with Crippen LogP contribution in [0.3, 0.4) is 0 Å². The van der Waals surface area contributed by atoms with E-state index in [1.54, 1.807) is 6.08 Å². The highest BCUT2D eigenvalue weighted by atomic mass is 16.1. The summed E-state index contributed by atoms with van der Waals surface area (Å²) in [6.07, 6.45) is 8.14. The average molecular weight is 470 g/mol. The zero-order chi connectivity index (χ0) is 24.6. The summed E-state index contributed by atoms with van der Waals surface area (Å²) in [4.78, 5) is 23.6. The molecule has 1 unspecified atom stereocenters. The molecule has 0 bridgehead atoms. The van der Waals surface area contributed by atoms with Gasteiger partial charge in [-0.1, -0.05) is 68.1 Å². The Morgan fingerprint density at radius 1 is 1.06 bits per heavy atom. The maximum atomic E-state index is 13.6. The molecule has 0 saturated carbocycles. The molecule has 1 aromatic heterocycles. The largest absolute Gasteiger partial charge is 0.405 e. The molecule has 1 saturated heterocycles. The van der Waals surface area contributed by atoms with Crippen LogP contribution < -0.4 is 11.3 Å². The molecule has 2 aromatic carbocycles. The third kappa shape index (κ3) is 5.96. The fourth-order valence-corrected chi connectivity index (χ4v) is 4.79. The van der Waals surface area contributed by atoms with Gasteiger partial charge in [0.05, 0.1) is 23.5 Å². The molecule has 2 heterocycles. The molecule has 1 aliphatic heterocycles. The van der Waals surface area contributed by atoms with E-state index < -0.39 is 0 Å². The standard InChI is InChI=1S/C29H35N5O/c1-3-27(33-19-17-32(18-20-33)21-23(2)11-9-10-16-30)28-31-26-15-8-7-14-25(26)29(35)34(28)22-24-12-5-4-6-13-24/h4-16,27H,2-3,17-22,30H2,1H3/b11-9-,16-10-. The SMILES string of the molecule is C=C(/C=C\C=C/N)CN1CCN(C(CC)c2nc3ccccc3c(=O)n2Cc2ccccc2)CC1. The number of hydrogen-bond acceptors (Lipinski definition) is 5. The van der Waals surface area contributed by atoms with E-state index in [1.807, 2.05) is 59.2 Å². The van der Waals surface area contributed by atoms with Crippen molar-refractivity contribution in [2.45, 2.75) is 25.9 Å². The first kappa shape index (κ1) is 24.6. The number of hydrogen-bond donors (Lipinski definition) is 1. The third-order valence-electron chi connectivity index (χ3n) is 6.59. The zero-order valence-corrected chi connectivity index (χ0v) is 20.5. The molecule has 0 amide bonds. The Kier molecular flexibility index (Phi) is 8.29. The molecule has 0 spiro atoms. The molecule has 3 aromatic rings. The molecular formula is C29H35N5O. The van der Waals surface area contributed by atoms with Gasteiger partial charge in [-0.15, -0.1) is 0 Å². The van der Waals surface area contributed by atoms with E-state index >= 15 is 0 Å². The molecule has 35 heavy (non-hydrogen) atoms. The van der Waals surface area contributed by atoms with Crippen LogP contribution in [0.5, 0.6) is 0 Å². The summed E-state index contributed by atoms with van der Waals surface area (Å²) < 4.78 is 1.88. The predicted molar refractivity (Wildman–Crippen MR) is 144 cm³/mol. The van der Waals surface area contributed by atoms with Crippen molar-refractivity contribution < 1.29 is 0 Å². The number of fused-ring (bicyclic) bond motifs is 1. The third-order valence-corrected chi connectivity index (χ3v) is 6.59. The first-order valence-electron chi connectivity index (χ1n) is 12.3. The topological polar surface area (TPSA) is 67.4 Å². The fourth-order valence-electron chi connectivity index (χ4n) is 4.79. The Morgan fingerprint density at radius 2 is 1.77 bits per heavy atom. The number of aromatic nitrogens is 2. The van der Waals surface area contributed by atoms with Crippen LogP contribution in [0.15, 0.2) is 96.0 Å². The second-order valence-corrected chi connectivity index (χ2v) is 9.00. The van der Waals surface area contributed by atoms with E-state index in [2.05, 4.69) is 35.4 Å². The molecular weight excluding hydrogens is 434 g/mol. The van der Waals surface area contributed by atoms with Gasteiger partial charge in [0, 0.05) is 32.7 Å². The van der Waals surface area contributed by atoms with Gasteiger partial charge in [0.15, 0.2) is 0 Å². The van der Waals surface area contributed by atoms with E-state index in [4.69, 9.17) is 10.7 Å². The Morgan fingerprint density at radius 3 is 2.49 bits per heavy atom. The van der Waals surface area contributed by atoms with Gasteiger partial charge >= 0.3 is 0 Å². The maximum absolute atomic E-state index is 13.6. The molecule has 6 nitrogen and oxygen atoms in total. The minimum absolute atomic E-state index is 0.0288. The van der Waals surface area contributed by atoms with Crippen LogP contribution in [-0.2, 0) is 6.54 Å². The van der Waals surface area contributed by atoms with Crippen molar-refractivity contribution in [1.29, 1.82) is 0 Å². The van der Waals surface area contributed by atoms with Crippen LogP contribution in [0.25, 0.3) is 10.9 Å². The van der Waals surface area contributed by atoms with E-state index in [1.165, 1.54) is 6.20 Å². The van der Waals surface area contributed by atoms with Crippen molar-refractivity contribution in [1.82, 2.24) is 19.4 Å². The summed E-state index contributed by atoms with van der Waals surface area (Å²) in [6, 6.07) is 17.9. The van der Waals surface area contributed by atoms with E-state index in [-0.39, 0.29) is 11.6 Å². The lowest BCUT2D eigenvalue weighted by Crippen LogP contribution is -2.48. The number of nitrogens with zero attached hydrogens (tertiary/aromatic N) is 4. The Balaban J connectivity index is 1.58. The zero-order valence-electron chi connectivity index (χ0n) is 20.5. The quantitative estimate of drug-likeness (QED) is 0.478. The Hall–Kier alpha value is -3.48. The van der Waals surface area contributed by atoms with E-state index in [9.17, 15) is 4.79 Å². The van der Waals surface area contributed by atoms with Gasteiger partial charge in [0.1, 0.15) is 5.82 Å². The van der Waals surface area contributed by atoms with Crippen molar-refractivity contribution in [2.75, 3.05) is 32.7 Å². The predicted octanol–water partition coefficient (Wildman–Crippen LogP) is 4.10. The highest BCUT2D eigenvalue weighted by molar-refractivity contribution is 5.77. The lowest BCUT2D eigenvalue weighted by atomic mass is 10.1. The van der Waals surface area contributed by atoms with Crippen LogP contribution in [0.2, 0.25) is 0 Å². The first-order chi connectivity index (χ1) is 17.1. The molecule has 2 N–H and O–H groups in total. The van der Waals surface area contributed by atoms with Crippen molar-refractivity contribution in [3.05, 3.63) is 113 Å². The van der Waals surface area contributed by atoms with Crippen LogP contribution in [0.1, 0.15) is 30.8 Å². The van der Waals surface area contributed by atoms with Gasteiger partial charge in [-0.05, 0) is 42.0 Å². The second-order valence-electron chi connectivity index (χ2n) is 9.00. The molecule has 1 atom stereocenters. The van der Waals surface area contributed by atoms with Crippen LogP contribution in [0, 0.1) is 0 Å². The normalized spacial score (nSPS) is 16.4. The van der Waals surface area contributed by atoms with Gasteiger partial charge in [0.2, 0.25) is 0 Å². The Bertz CT molecular complexity index is 1250. The molecule has 182 valence electrons. The van der Waals surface area contributed by atoms with Crippen molar-refractivity contribution in [3.8, 4) is 0 Å². The van der Waals surface area contributed by atoms with Crippen LogP contribution >= 0.6 is 0 Å². The number of rotatable bonds is 9. The molecule has 1 fully saturated rings. The molecule has 4 rings (SSSR count). The van der Waals surface area contributed by atoms with Crippen molar-refractivity contribution in [3.63, 3.8) is 0 Å². The maximum Gasteiger partial charge on any atom is 0.261 e. The minimum atomic E-state index is 0.0288. The second kappa shape index (κ2) is 11.8. The number of nitrogens with two attached hydrogens (primary N) is 1. The first-order valence-corrected chi connectivity index (χ1v) is 12.3. The smallest absolute Gasteiger partial charge is 0.261 e. The minimum Gasteiger partial charge on any atom is -0.405 e. The van der Waals surface area contributed by atoms with Gasteiger partial charge in [-0.25, -0.2) is 4.98 Å². The lowest BCUT2D eigenvalue weighted by Gasteiger charge is -2.39. The summed E-state index contributed by atoms with van der Waals surface area (Å²) in [5.41, 5.74) is 8.36. The molecule has 1 aliphatic rings. The van der Waals surface area contributed by atoms with Crippen LogP contribution in [-0.4, -0.2) is 52.1 Å². The van der Waals surface area contributed by atoms with Crippen molar-refractivity contribution >= 4 is 10.9 Å². The summed E-state index contributed by atoms with van der Waals surface area (Å²) >= 11 is 0.